The van der Waals surface area contributed by atoms with Crippen molar-refractivity contribution in [2.75, 3.05) is 37.9 Å². The third kappa shape index (κ3) is 3.71. The van der Waals surface area contributed by atoms with Crippen LogP contribution in [0.1, 0.15) is 10.4 Å². The molecule has 0 N–H and O–H groups in total. The van der Waals surface area contributed by atoms with Gasteiger partial charge in [-0.3, -0.25) is 4.79 Å². The number of hydrogen-bond donors (Lipinski definition) is 0. The Hall–Kier alpha value is -4.13. The Labute approximate surface area is 191 Å². The van der Waals surface area contributed by atoms with Crippen molar-refractivity contribution in [1.29, 1.82) is 0 Å². The van der Waals surface area contributed by atoms with Crippen LogP contribution in [-0.2, 0) is 0 Å². The third-order valence-electron chi connectivity index (χ3n) is 6.21. The van der Waals surface area contributed by atoms with Crippen molar-refractivity contribution >= 4 is 22.5 Å². The van der Waals surface area contributed by atoms with E-state index in [0.29, 0.717) is 13.1 Å². The average molecular weight is 438 g/mol. The van der Waals surface area contributed by atoms with Gasteiger partial charge < -0.3 is 19.3 Å². The molecule has 0 bridgehead atoms. The Kier molecular flexibility index (Phi) is 4.79. The van der Waals surface area contributed by atoms with E-state index < -0.39 is 0 Å². The summed E-state index contributed by atoms with van der Waals surface area (Å²) in [5.74, 6) is 2.37. The standard InChI is InChI=1S/C26H22N4O3/c31-26(21-6-5-18-3-1-2-4-19(18)15-21)30-13-11-29(12-14-30)25-10-8-22(27-28-25)20-7-9-23-24(16-20)33-17-32-23/h1-10,15-16H,11-14,17H2. The van der Waals surface area contributed by atoms with Crippen LogP contribution in [0.5, 0.6) is 11.5 Å². The largest absolute Gasteiger partial charge is 0.454 e. The highest BCUT2D eigenvalue weighted by Crippen LogP contribution is 2.35. The zero-order valence-electron chi connectivity index (χ0n) is 18.0. The second kappa shape index (κ2) is 8.09. The molecule has 1 aromatic heterocycles. The number of nitrogens with zero attached hydrogens (tertiary/aromatic N) is 4. The van der Waals surface area contributed by atoms with E-state index in [0.717, 1.165) is 58.0 Å². The molecule has 7 nitrogen and oxygen atoms in total. The van der Waals surface area contributed by atoms with E-state index >= 15 is 0 Å². The fraction of sp³-hybridized carbons (Fsp3) is 0.192. The quantitative estimate of drug-likeness (QED) is 0.482. The lowest BCUT2D eigenvalue weighted by molar-refractivity contribution is 0.0746. The molecule has 0 radical (unpaired) electrons. The Balaban J connectivity index is 1.12. The molecule has 0 atom stereocenters. The summed E-state index contributed by atoms with van der Waals surface area (Å²) >= 11 is 0. The summed E-state index contributed by atoms with van der Waals surface area (Å²) in [6.07, 6.45) is 0. The molecule has 6 rings (SSSR count). The summed E-state index contributed by atoms with van der Waals surface area (Å²) < 4.78 is 10.8. The monoisotopic (exact) mass is 438 g/mol. The van der Waals surface area contributed by atoms with E-state index in [1.165, 1.54) is 0 Å². The van der Waals surface area contributed by atoms with Gasteiger partial charge in [-0.15, -0.1) is 10.2 Å². The maximum absolute atomic E-state index is 13.0. The Bertz CT molecular complexity index is 1330. The summed E-state index contributed by atoms with van der Waals surface area (Å²) in [6, 6.07) is 23.7. The SMILES string of the molecule is O=C(c1ccc2ccccc2c1)N1CCN(c2ccc(-c3ccc4c(c3)OCO4)nn2)CC1. The molecule has 7 heteroatoms. The van der Waals surface area contributed by atoms with Gasteiger partial charge in [0.1, 0.15) is 0 Å². The van der Waals surface area contributed by atoms with Crippen molar-refractivity contribution in [1.82, 2.24) is 15.1 Å². The third-order valence-corrected chi connectivity index (χ3v) is 6.21. The molecule has 2 aliphatic rings. The molecule has 1 amide bonds. The van der Waals surface area contributed by atoms with Crippen molar-refractivity contribution in [2.45, 2.75) is 0 Å². The van der Waals surface area contributed by atoms with Crippen molar-refractivity contribution in [3.63, 3.8) is 0 Å². The van der Waals surface area contributed by atoms with Crippen LogP contribution in [-0.4, -0.2) is 54.0 Å². The molecule has 0 aliphatic carbocycles. The lowest BCUT2D eigenvalue weighted by Gasteiger charge is -2.35. The molecule has 0 spiro atoms. The van der Waals surface area contributed by atoms with Gasteiger partial charge in [-0.1, -0.05) is 30.3 Å². The highest BCUT2D eigenvalue weighted by Gasteiger charge is 2.23. The van der Waals surface area contributed by atoms with Crippen LogP contribution < -0.4 is 14.4 Å². The second-order valence-electron chi connectivity index (χ2n) is 8.19. The highest BCUT2D eigenvalue weighted by atomic mass is 16.7. The molecular weight excluding hydrogens is 416 g/mol. The minimum absolute atomic E-state index is 0.0737. The molecule has 33 heavy (non-hydrogen) atoms. The maximum atomic E-state index is 13.0. The number of carbonyl (C=O) groups is 1. The first-order valence-corrected chi connectivity index (χ1v) is 11.0. The van der Waals surface area contributed by atoms with E-state index in [9.17, 15) is 4.79 Å². The first-order valence-electron chi connectivity index (χ1n) is 11.0. The lowest BCUT2D eigenvalue weighted by Crippen LogP contribution is -2.49. The van der Waals surface area contributed by atoms with Crippen molar-refractivity contribution in [3.05, 3.63) is 78.4 Å². The zero-order valence-corrected chi connectivity index (χ0v) is 18.0. The number of amides is 1. The van der Waals surface area contributed by atoms with Gasteiger partial charge in [0.2, 0.25) is 6.79 Å². The Morgan fingerprint density at radius 1 is 0.758 bits per heavy atom. The Morgan fingerprint density at radius 3 is 2.39 bits per heavy atom. The predicted octanol–water partition coefficient (Wildman–Crippen LogP) is 3.99. The first-order chi connectivity index (χ1) is 16.2. The van der Waals surface area contributed by atoms with Gasteiger partial charge >= 0.3 is 0 Å². The minimum atomic E-state index is 0.0737. The fourth-order valence-corrected chi connectivity index (χ4v) is 4.35. The van der Waals surface area contributed by atoms with Crippen LogP contribution in [0.25, 0.3) is 22.0 Å². The van der Waals surface area contributed by atoms with Crippen molar-refractivity contribution in [3.8, 4) is 22.8 Å². The smallest absolute Gasteiger partial charge is 0.253 e. The zero-order chi connectivity index (χ0) is 22.2. The van der Waals surface area contributed by atoms with Crippen LogP contribution in [0.3, 0.4) is 0 Å². The number of ether oxygens (including phenoxy) is 2. The van der Waals surface area contributed by atoms with Crippen molar-refractivity contribution in [2.24, 2.45) is 0 Å². The van der Waals surface area contributed by atoms with Gasteiger partial charge in [-0.2, -0.15) is 0 Å². The molecule has 0 saturated carbocycles. The molecular formula is C26H22N4O3. The van der Waals surface area contributed by atoms with E-state index in [1.807, 2.05) is 71.6 Å². The minimum Gasteiger partial charge on any atom is -0.454 e. The maximum Gasteiger partial charge on any atom is 0.253 e. The summed E-state index contributed by atoms with van der Waals surface area (Å²) in [4.78, 5) is 17.1. The summed E-state index contributed by atoms with van der Waals surface area (Å²) in [5.41, 5.74) is 2.45. The molecule has 164 valence electrons. The topological polar surface area (TPSA) is 67.8 Å². The first kappa shape index (κ1) is 19.5. The van der Waals surface area contributed by atoms with E-state index in [2.05, 4.69) is 21.2 Å². The average Bonchev–Trinajstić information content (AvgIpc) is 3.36. The number of aromatic nitrogens is 2. The molecule has 4 aromatic rings. The predicted molar refractivity (Wildman–Crippen MR) is 126 cm³/mol. The summed E-state index contributed by atoms with van der Waals surface area (Å²) in [6.45, 7) is 2.99. The Morgan fingerprint density at radius 2 is 1.58 bits per heavy atom. The van der Waals surface area contributed by atoms with Crippen molar-refractivity contribution < 1.29 is 14.3 Å². The molecule has 3 heterocycles. The van der Waals surface area contributed by atoms with Crippen LogP contribution in [0.4, 0.5) is 5.82 Å². The molecule has 3 aromatic carbocycles. The van der Waals surface area contributed by atoms with E-state index in [4.69, 9.17) is 9.47 Å². The normalized spacial score (nSPS) is 15.2. The number of piperazine rings is 1. The summed E-state index contributed by atoms with van der Waals surface area (Å²) in [7, 11) is 0. The number of anilines is 1. The van der Waals surface area contributed by atoms with E-state index in [-0.39, 0.29) is 12.7 Å². The number of carbonyl (C=O) groups excluding carboxylic acids is 1. The number of fused-ring (bicyclic) bond motifs is 2. The van der Waals surface area contributed by atoms with Gasteiger partial charge in [0.05, 0.1) is 5.69 Å². The second-order valence-corrected chi connectivity index (χ2v) is 8.19. The number of benzene rings is 3. The van der Waals surface area contributed by atoms with Gasteiger partial charge in [-0.05, 0) is 53.2 Å². The lowest BCUT2D eigenvalue weighted by atomic mass is 10.1. The highest BCUT2D eigenvalue weighted by molar-refractivity contribution is 5.98. The number of rotatable bonds is 3. The van der Waals surface area contributed by atoms with Crippen LogP contribution in [0.15, 0.2) is 72.8 Å². The fourth-order valence-electron chi connectivity index (χ4n) is 4.35. The van der Waals surface area contributed by atoms with Crippen LogP contribution in [0, 0.1) is 0 Å². The molecule has 0 unspecified atom stereocenters. The molecule has 1 saturated heterocycles. The molecule has 1 fully saturated rings. The van der Waals surface area contributed by atoms with Crippen LogP contribution in [0.2, 0.25) is 0 Å². The van der Waals surface area contributed by atoms with Gasteiger partial charge in [0.25, 0.3) is 5.91 Å². The van der Waals surface area contributed by atoms with Gasteiger partial charge in [0, 0.05) is 37.3 Å². The summed E-state index contributed by atoms with van der Waals surface area (Å²) in [5, 5.41) is 11.1. The molecule has 2 aliphatic heterocycles. The van der Waals surface area contributed by atoms with E-state index in [1.54, 1.807) is 0 Å². The van der Waals surface area contributed by atoms with Gasteiger partial charge in [-0.25, -0.2) is 0 Å². The van der Waals surface area contributed by atoms with Gasteiger partial charge in [0.15, 0.2) is 17.3 Å². The number of hydrogen-bond acceptors (Lipinski definition) is 6. The van der Waals surface area contributed by atoms with Crippen LogP contribution >= 0.6 is 0 Å².